The third kappa shape index (κ3) is 1.89. The van der Waals surface area contributed by atoms with Gasteiger partial charge in [0, 0.05) is 17.3 Å². The van der Waals surface area contributed by atoms with Crippen LogP contribution >= 0.6 is 0 Å². The molecule has 94 valence electrons. The van der Waals surface area contributed by atoms with E-state index in [1.165, 1.54) is 10.9 Å². The molecule has 2 aromatic carbocycles. The number of rotatable bonds is 2. The lowest BCUT2D eigenvalue weighted by molar-refractivity contribution is 0.0697. The molecule has 0 radical (unpaired) electrons. The van der Waals surface area contributed by atoms with Crippen LogP contribution in [0.1, 0.15) is 15.9 Å². The van der Waals surface area contributed by atoms with E-state index < -0.39 is 5.97 Å². The summed E-state index contributed by atoms with van der Waals surface area (Å²) in [5.74, 6) is -0.903. The Morgan fingerprint density at radius 2 is 1.74 bits per heavy atom. The van der Waals surface area contributed by atoms with Crippen molar-refractivity contribution in [2.45, 2.75) is 6.92 Å². The normalized spacial score (nSPS) is 10.8. The fourth-order valence-corrected chi connectivity index (χ4v) is 2.33. The summed E-state index contributed by atoms with van der Waals surface area (Å²) in [4.78, 5) is 10.9. The SMILES string of the molecule is Cc1cn(-c2ccc(C(=O)O)cc2)c2ccccc12. The summed E-state index contributed by atoms with van der Waals surface area (Å²) < 4.78 is 2.08. The van der Waals surface area contributed by atoms with E-state index in [4.69, 9.17) is 5.11 Å². The van der Waals surface area contributed by atoms with Crippen molar-refractivity contribution in [3.05, 3.63) is 65.9 Å². The van der Waals surface area contributed by atoms with Crippen molar-refractivity contribution in [3.63, 3.8) is 0 Å². The maximum absolute atomic E-state index is 10.9. The van der Waals surface area contributed by atoms with Gasteiger partial charge in [-0.25, -0.2) is 4.79 Å². The van der Waals surface area contributed by atoms with Gasteiger partial charge in [-0.1, -0.05) is 18.2 Å². The highest BCUT2D eigenvalue weighted by atomic mass is 16.4. The van der Waals surface area contributed by atoms with Gasteiger partial charge in [-0.15, -0.1) is 0 Å². The molecule has 0 fully saturated rings. The van der Waals surface area contributed by atoms with E-state index in [1.807, 2.05) is 24.3 Å². The molecular formula is C16H13NO2. The van der Waals surface area contributed by atoms with E-state index >= 15 is 0 Å². The van der Waals surface area contributed by atoms with Crippen LogP contribution in [-0.2, 0) is 0 Å². The fourth-order valence-electron chi connectivity index (χ4n) is 2.33. The molecule has 3 heteroatoms. The maximum Gasteiger partial charge on any atom is 0.335 e. The summed E-state index contributed by atoms with van der Waals surface area (Å²) >= 11 is 0. The Morgan fingerprint density at radius 1 is 1.05 bits per heavy atom. The van der Waals surface area contributed by atoms with Gasteiger partial charge in [0.2, 0.25) is 0 Å². The van der Waals surface area contributed by atoms with Gasteiger partial charge in [-0.3, -0.25) is 0 Å². The molecule has 0 saturated carbocycles. The minimum atomic E-state index is -0.903. The lowest BCUT2D eigenvalue weighted by Crippen LogP contribution is -1.97. The van der Waals surface area contributed by atoms with Crippen molar-refractivity contribution in [1.29, 1.82) is 0 Å². The molecule has 3 rings (SSSR count). The van der Waals surface area contributed by atoms with Gasteiger partial charge in [-0.2, -0.15) is 0 Å². The Labute approximate surface area is 110 Å². The number of para-hydroxylation sites is 1. The van der Waals surface area contributed by atoms with E-state index in [0.717, 1.165) is 11.2 Å². The topological polar surface area (TPSA) is 42.2 Å². The van der Waals surface area contributed by atoms with Crippen LogP contribution in [0.25, 0.3) is 16.6 Å². The summed E-state index contributed by atoms with van der Waals surface area (Å²) in [6.07, 6.45) is 2.07. The molecule has 1 heterocycles. The summed E-state index contributed by atoms with van der Waals surface area (Å²) in [6.45, 7) is 2.07. The zero-order valence-electron chi connectivity index (χ0n) is 10.5. The third-order valence-corrected chi connectivity index (χ3v) is 3.30. The summed E-state index contributed by atoms with van der Waals surface area (Å²) in [5.41, 5.74) is 3.60. The van der Waals surface area contributed by atoms with Gasteiger partial charge >= 0.3 is 5.97 Å². The molecule has 1 aromatic heterocycles. The molecule has 0 aliphatic heterocycles. The first-order valence-electron chi connectivity index (χ1n) is 6.07. The van der Waals surface area contributed by atoms with Crippen LogP contribution in [0.3, 0.4) is 0 Å². The van der Waals surface area contributed by atoms with Crippen molar-refractivity contribution in [2.75, 3.05) is 0 Å². The van der Waals surface area contributed by atoms with Crippen LogP contribution in [0.15, 0.2) is 54.7 Å². The zero-order chi connectivity index (χ0) is 13.4. The molecule has 0 saturated heterocycles. The molecular weight excluding hydrogens is 238 g/mol. The second-order valence-corrected chi connectivity index (χ2v) is 4.55. The average molecular weight is 251 g/mol. The minimum absolute atomic E-state index is 0.303. The quantitative estimate of drug-likeness (QED) is 0.755. The zero-order valence-corrected chi connectivity index (χ0v) is 10.5. The van der Waals surface area contributed by atoms with Gasteiger partial charge in [0.25, 0.3) is 0 Å². The molecule has 0 aliphatic carbocycles. The van der Waals surface area contributed by atoms with Crippen molar-refractivity contribution in [3.8, 4) is 5.69 Å². The Balaban J connectivity index is 2.16. The highest BCUT2D eigenvalue weighted by molar-refractivity contribution is 5.88. The number of carboxylic acids is 1. The van der Waals surface area contributed by atoms with E-state index in [0.29, 0.717) is 5.56 Å². The van der Waals surface area contributed by atoms with E-state index in [-0.39, 0.29) is 0 Å². The highest BCUT2D eigenvalue weighted by Gasteiger charge is 2.07. The Kier molecular flexibility index (Phi) is 2.60. The number of aryl methyl sites for hydroxylation is 1. The van der Waals surface area contributed by atoms with Gasteiger partial charge in [-0.05, 0) is 42.8 Å². The van der Waals surface area contributed by atoms with Gasteiger partial charge in [0.1, 0.15) is 0 Å². The monoisotopic (exact) mass is 251 g/mol. The number of nitrogens with zero attached hydrogens (tertiary/aromatic N) is 1. The van der Waals surface area contributed by atoms with Gasteiger partial charge < -0.3 is 9.67 Å². The third-order valence-electron chi connectivity index (χ3n) is 3.30. The van der Waals surface area contributed by atoms with Gasteiger partial charge in [0.05, 0.1) is 11.1 Å². The molecule has 19 heavy (non-hydrogen) atoms. The molecule has 0 amide bonds. The van der Waals surface area contributed by atoms with Gasteiger partial charge in [0.15, 0.2) is 0 Å². The molecule has 0 aliphatic rings. The van der Waals surface area contributed by atoms with Crippen molar-refractivity contribution < 1.29 is 9.90 Å². The summed E-state index contributed by atoms with van der Waals surface area (Å²) in [5, 5.41) is 10.1. The molecule has 3 aromatic rings. The highest BCUT2D eigenvalue weighted by Crippen LogP contribution is 2.24. The van der Waals surface area contributed by atoms with Crippen LogP contribution in [0.5, 0.6) is 0 Å². The Morgan fingerprint density at radius 3 is 2.42 bits per heavy atom. The molecule has 3 nitrogen and oxygen atoms in total. The summed E-state index contributed by atoms with van der Waals surface area (Å²) in [7, 11) is 0. The van der Waals surface area contributed by atoms with Crippen molar-refractivity contribution >= 4 is 16.9 Å². The van der Waals surface area contributed by atoms with Crippen LogP contribution in [0.4, 0.5) is 0 Å². The molecule has 0 unspecified atom stereocenters. The largest absolute Gasteiger partial charge is 0.478 e. The number of aromatic nitrogens is 1. The molecule has 0 spiro atoms. The van der Waals surface area contributed by atoms with Crippen LogP contribution in [-0.4, -0.2) is 15.6 Å². The number of fused-ring (bicyclic) bond motifs is 1. The van der Waals surface area contributed by atoms with Crippen molar-refractivity contribution in [1.82, 2.24) is 4.57 Å². The molecule has 0 atom stereocenters. The first-order chi connectivity index (χ1) is 9.16. The second kappa shape index (κ2) is 4.28. The summed E-state index contributed by atoms with van der Waals surface area (Å²) in [6, 6.07) is 15.1. The Hall–Kier alpha value is -2.55. The van der Waals surface area contributed by atoms with Crippen LogP contribution < -0.4 is 0 Å². The van der Waals surface area contributed by atoms with Crippen LogP contribution in [0.2, 0.25) is 0 Å². The smallest absolute Gasteiger partial charge is 0.335 e. The number of hydrogen-bond donors (Lipinski definition) is 1. The Bertz CT molecular complexity index is 754. The lowest BCUT2D eigenvalue weighted by Gasteiger charge is -2.05. The standard InChI is InChI=1S/C16H13NO2/c1-11-10-17(15-5-3-2-4-14(11)15)13-8-6-12(7-9-13)16(18)19/h2-10H,1H3,(H,18,19). The number of carboxylic acid groups (broad SMARTS) is 1. The molecule has 1 N–H and O–H groups in total. The predicted molar refractivity (Wildman–Crippen MR) is 75.0 cm³/mol. The number of aromatic carboxylic acids is 1. The number of hydrogen-bond acceptors (Lipinski definition) is 1. The van der Waals surface area contributed by atoms with E-state index in [2.05, 4.69) is 29.8 Å². The first-order valence-corrected chi connectivity index (χ1v) is 6.07. The number of benzene rings is 2. The maximum atomic E-state index is 10.9. The minimum Gasteiger partial charge on any atom is -0.478 e. The second-order valence-electron chi connectivity index (χ2n) is 4.55. The average Bonchev–Trinajstić information content (AvgIpc) is 2.77. The lowest BCUT2D eigenvalue weighted by atomic mass is 10.2. The number of carbonyl (C=O) groups is 1. The molecule has 0 bridgehead atoms. The van der Waals surface area contributed by atoms with Crippen molar-refractivity contribution in [2.24, 2.45) is 0 Å². The van der Waals surface area contributed by atoms with Crippen LogP contribution in [0, 0.1) is 6.92 Å². The van der Waals surface area contributed by atoms with E-state index in [1.54, 1.807) is 12.1 Å². The fraction of sp³-hybridized carbons (Fsp3) is 0.0625. The predicted octanol–water partition coefficient (Wildman–Crippen LogP) is 3.64. The first kappa shape index (κ1) is 11.5. The van der Waals surface area contributed by atoms with E-state index in [9.17, 15) is 4.79 Å².